The SMILES string of the molecule is [NH3+]C(Cc1ccc([N+](=O)[O-])cc1)C(=O)O. The minimum Gasteiger partial charge on any atom is -0.477 e. The zero-order valence-electron chi connectivity index (χ0n) is 7.92. The molecule has 1 unspecified atom stereocenters. The minimum absolute atomic E-state index is 0.00492. The normalized spacial score (nSPS) is 12.1. The van der Waals surface area contributed by atoms with Gasteiger partial charge in [-0.2, -0.15) is 0 Å². The molecule has 1 rings (SSSR count). The summed E-state index contributed by atoms with van der Waals surface area (Å²) in [5.74, 6) is -0.978. The average Bonchev–Trinajstić information content (AvgIpc) is 2.18. The van der Waals surface area contributed by atoms with Crippen LogP contribution in [0.3, 0.4) is 0 Å². The third kappa shape index (κ3) is 3.03. The highest BCUT2D eigenvalue weighted by atomic mass is 16.6. The highest BCUT2D eigenvalue weighted by molar-refractivity contribution is 5.71. The highest BCUT2D eigenvalue weighted by Crippen LogP contribution is 2.12. The fraction of sp³-hybridized carbons (Fsp3) is 0.222. The van der Waals surface area contributed by atoms with Crippen molar-refractivity contribution in [1.82, 2.24) is 0 Å². The molecule has 6 heteroatoms. The first-order valence-corrected chi connectivity index (χ1v) is 4.30. The fourth-order valence-electron chi connectivity index (χ4n) is 1.13. The molecular formula is C9H11N2O4+. The lowest BCUT2D eigenvalue weighted by Gasteiger charge is -2.02. The molecule has 0 saturated heterocycles. The molecule has 0 aliphatic heterocycles. The Bertz CT molecular complexity index is 374. The first-order valence-electron chi connectivity index (χ1n) is 4.30. The molecule has 0 bridgehead atoms. The van der Waals surface area contributed by atoms with E-state index in [2.05, 4.69) is 5.73 Å². The predicted molar refractivity (Wildman–Crippen MR) is 51.1 cm³/mol. The molecule has 80 valence electrons. The van der Waals surface area contributed by atoms with Crippen LogP contribution in [0.2, 0.25) is 0 Å². The van der Waals surface area contributed by atoms with E-state index in [0.29, 0.717) is 0 Å². The van der Waals surface area contributed by atoms with Crippen LogP contribution in [0.5, 0.6) is 0 Å². The average molecular weight is 211 g/mol. The Balaban J connectivity index is 2.72. The molecule has 6 nitrogen and oxygen atoms in total. The number of nitrogens with zero attached hydrogens (tertiary/aromatic N) is 1. The van der Waals surface area contributed by atoms with E-state index >= 15 is 0 Å². The molecule has 0 saturated carbocycles. The van der Waals surface area contributed by atoms with E-state index in [4.69, 9.17) is 5.11 Å². The number of nitro benzene ring substituents is 1. The van der Waals surface area contributed by atoms with Crippen molar-refractivity contribution >= 4 is 11.7 Å². The van der Waals surface area contributed by atoms with Gasteiger partial charge in [0.15, 0.2) is 6.04 Å². The number of benzene rings is 1. The van der Waals surface area contributed by atoms with Gasteiger partial charge in [-0.05, 0) is 5.56 Å². The number of carbonyl (C=O) groups is 1. The van der Waals surface area contributed by atoms with Gasteiger partial charge < -0.3 is 10.8 Å². The monoisotopic (exact) mass is 211 g/mol. The van der Waals surface area contributed by atoms with Gasteiger partial charge in [0.2, 0.25) is 0 Å². The summed E-state index contributed by atoms with van der Waals surface area (Å²) in [4.78, 5) is 20.4. The lowest BCUT2D eigenvalue weighted by Crippen LogP contribution is -2.65. The Morgan fingerprint density at radius 3 is 2.40 bits per heavy atom. The van der Waals surface area contributed by atoms with Crippen LogP contribution in [0.1, 0.15) is 5.56 Å². The van der Waals surface area contributed by atoms with E-state index in [1.165, 1.54) is 12.1 Å². The van der Waals surface area contributed by atoms with E-state index in [0.717, 1.165) is 5.56 Å². The number of non-ortho nitro benzene ring substituents is 1. The second kappa shape index (κ2) is 4.52. The predicted octanol–water partition coefficient (Wildman–Crippen LogP) is -0.168. The molecule has 1 atom stereocenters. The van der Waals surface area contributed by atoms with Crippen molar-refractivity contribution in [3.63, 3.8) is 0 Å². The lowest BCUT2D eigenvalue weighted by atomic mass is 10.1. The van der Waals surface area contributed by atoms with Crippen molar-refractivity contribution in [2.75, 3.05) is 0 Å². The van der Waals surface area contributed by atoms with Crippen molar-refractivity contribution < 1.29 is 20.6 Å². The van der Waals surface area contributed by atoms with Gasteiger partial charge in [-0.3, -0.25) is 10.1 Å². The number of hydrogen-bond acceptors (Lipinski definition) is 3. The van der Waals surface area contributed by atoms with Gasteiger partial charge in [0.25, 0.3) is 5.69 Å². The maximum absolute atomic E-state index is 10.5. The number of nitro groups is 1. The maximum atomic E-state index is 10.5. The molecule has 4 N–H and O–H groups in total. The molecule has 0 aliphatic rings. The van der Waals surface area contributed by atoms with Crippen molar-refractivity contribution in [2.24, 2.45) is 0 Å². The van der Waals surface area contributed by atoms with Crippen molar-refractivity contribution in [2.45, 2.75) is 12.5 Å². The fourth-order valence-corrected chi connectivity index (χ4v) is 1.13. The zero-order chi connectivity index (χ0) is 11.4. The van der Waals surface area contributed by atoms with Crippen LogP contribution >= 0.6 is 0 Å². The number of hydrogen-bond donors (Lipinski definition) is 2. The Hall–Kier alpha value is -1.95. The summed E-state index contributed by atoms with van der Waals surface area (Å²) in [6.45, 7) is 0. The number of carboxylic acid groups (broad SMARTS) is 1. The van der Waals surface area contributed by atoms with Gasteiger partial charge in [-0.1, -0.05) is 12.1 Å². The van der Waals surface area contributed by atoms with Crippen LogP contribution in [0.15, 0.2) is 24.3 Å². The number of carboxylic acids is 1. The lowest BCUT2D eigenvalue weighted by molar-refractivity contribution is -0.407. The highest BCUT2D eigenvalue weighted by Gasteiger charge is 2.16. The van der Waals surface area contributed by atoms with Gasteiger partial charge in [-0.25, -0.2) is 4.79 Å². The van der Waals surface area contributed by atoms with Gasteiger partial charge in [-0.15, -0.1) is 0 Å². The topological polar surface area (TPSA) is 108 Å². The summed E-state index contributed by atoms with van der Waals surface area (Å²) in [6.07, 6.45) is 0.271. The van der Waals surface area contributed by atoms with Gasteiger partial charge in [0, 0.05) is 18.6 Å². The van der Waals surface area contributed by atoms with E-state index in [-0.39, 0.29) is 12.1 Å². The standard InChI is InChI=1S/C9H10N2O4/c10-8(9(12)13)5-6-1-3-7(4-2-6)11(14)15/h1-4,8H,5,10H2,(H,12,13)/p+1. The van der Waals surface area contributed by atoms with E-state index in [1.807, 2.05) is 0 Å². The molecule has 0 fully saturated rings. The van der Waals surface area contributed by atoms with Crippen molar-refractivity contribution in [3.05, 3.63) is 39.9 Å². The Labute approximate surface area is 85.5 Å². The zero-order valence-corrected chi connectivity index (χ0v) is 7.92. The van der Waals surface area contributed by atoms with E-state index < -0.39 is 16.9 Å². The van der Waals surface area contributed by atoms with Gasteiger partial charge in [0.05, 0.1) is 4.92 Å². The minimum atomic E-state index is -0.978. The summed E-state index contributed by atoms with van der Waals surface area (Å²) in [7, 11) is 0. The molecule has 0 heterocycles. The molecule has 1 aromatic carbocycles. The third-order valence-corrected chi connectivity index (χ3v) is 1.98. The molecule has 0 spiro atoms. The van der Waals surface area contributed by atoms with Gasteiger partial charge in [0.1, 0.15) is 0 Å². The van der Waals surface area contributed by atoms with E-state index in [1.54, 1.807) is 12.1 Å². The third-order valence-electron chi connectivity index (χ3n) is 1.98. The number of aliphatic carboxylic acids is 1. The van der Waals surface area contributed by atoms with Gasteiger partial charge >= 0.3 is 5.97 Å². The van der Waals surface area contributed by atoms with Crippen LogP contribution in [0, 0.1) is 10.1 Å². The molecule has 0 radical (unpaired) electrons. The molecular weight excluding hydrogens is 200 g/mol. The Morgan fingerprint density at radius 2 is 2.00 bits per heavy atom. The number of rotatable bonds is 4. The summed E-state index contributed by atoms with van der Waals surface area (Å²) in [5.41, 5.74) is 4.18. The van der Waals surface area contributed by atoms with Crippen molar-refractivity contribution in [1.29, 1.82) is 0 Å². The molecule has 15 heavy (non-hydrogen) atoms. The Kier molecular flexibility index (Phi) is 3.35. The first-order chi connectivity index (χ1) is 7.00. The molecule has 0 aromatic heterocycles. The largest absolute Gasteiger partial charge is 0.477 e. The van der Waals surface area contributed by atoms with Crippen LogP contribution in [0.25, 0.3) is 0 Å². The molecule has 0 amide bonds. The van der Waals surface area contributed by atoms with E-state index in [9.17, 15) is 14.9 Å². The summed E-state index contributed by atoms with van der Waals surface area (Å²) in [5, 5.41) is 19.0. The van der Waals surface area contributed by atoms with Crippen LogP contribution in [-0.2, 0) is 11.2 Å². The maximum Gasteiger partial charge on any atom is 0.362 e. The summed E-state index contributed by atoms with van der Waals surface area (Å²) >= 11 is 0. The number of quaternary nitrogens is 1. The van der Waals surface area contributed by atoms with Crippen LogP contribution < -0.4 is 5.73 Å². The molecule has 1 aromatic rings. The molecule has 0 aliphatic carbocycles. The van der Waals surface area contributed by atoms with Crippen LogP contribution in [-0.4, -0.2) is 22.0 Å². The quantitative estimate of drug-likeness (QED) is 0.532. The second-order valence-corrected chi connectivity index (χ2v) is 3.16. The first kappa shape index (κ1) is 11.1. The Morgan fingerprint density at radius 1 is 1.47 bits per heavy atom. The smallest absolute Gasteiger partial charge is 0.362 e. The summed E-state index contributed by atoms with van der Waals surface area (Å²) in [6, 6.07) is 5.05. The second-order valence-electron chi connectivity index (χ2n) is 3.16. The van der Waals surface area contributed by atoms with Crippen LogP contribution in [0.4, 0.5) is 5.69 Å². The van der Waals surface area contributed by atoms with Crippen molar-refractivity contribution in [3.8, 4) is 0 Å². The summed E-state index contributed by atoms with van der Waals surface area (Å²) < 4.78 is 0.